The standard InChI is InChI=1S/C16H20N4O/c1-3-7-12-8-5-6-9-13(12)20-16(21)14-10-19-15(11-18-14)17-4-2/h5-6,8-11H,3-4,7H2,1-2H3,(H,17,19)(H,20,21). The summed E-state index contributed by atoms with van der Waals surface area (Å²) in [6.07, 6.45) is 5.01. The highest BCUT2D eigenvalue weighted by Gasteiger charge is 2.10. The molecule has 5 heteroatoms. The lowest BCUT2D eigenvalue weighted by atomic mass is 10.1. The summed E-state index contributed by atoms with van der Waals surface area (Å²) in [5, 5.41) is 5.95. The van der Waals surface area contributed by atoms with Crippen LogP contribution in [0, 0.1) is 0 Å². The van der Waals surface area contributed by atoms with Crippen LogP contribution in [-0.4, -0.2) is 22.4 Å². The average Bonchev–Trinajstić information content (AvgIpc) is 2.50. The monoisotopic (exact) mass is 284 g/mol. The molecule has 0 aliphatic rings. The summed E-state index contributed by atoms with van der Waals surface area (Å²) in [6.45, 7) is 4.86. The molecule has 1 aromatic carbocycles. The largest absolute Gasteiger partial charge is 0.369 e. The van der Waals surface area contributed by atoms with E-state index in [-0.39, 0.29) is 5.91 Å². The zero-order chi connectivity index (χ0) is 15.1. The van der Waals surface area contributed by atoms with Gasteiger partial charge in [0.05, 0.1) is 12.4 Å². The number of hydrogen-bond donors (Lipinski definition) is 2. The third-order valence-corrected chi connectivity index (χ3v) is 3.03. The van der Waals surface area contributed by atoms with E-state index in [4.69, 9.17) is 0 Å². The van der Waals surface area contributed by atoms with Gasteiger partial charge < -0.3 is 10.6 Å². The van der Waals surface area contributed by atoms with Crippen LogP contribution >= 0.6 is 0 Å². The van der Waals surface area contributed by atoms with Crippen LogP contribution in [0.1, 0.15) is 36.3 Å². The minimum absolute atomic E-state index is 0.242. The first-order chi connectivity index (χ1) is 10.2. The van der Waals surface area contributed by atoms with Gasteiger partial charge in [-0.25, -0.2) is 9.97 Å². The van der Waals surface area contributed by atoms with Crippen molar-refractivity contribution < 1.29 is 4.79 Å². The highest BCUT2D eigenvalue weighted by Crippen LogP contribution is 2.17. The highest BCUT2D eigenvalue weighted by molar-refractivity contribution is 6.03. The van der Waals surface area contributed by atoms with E-state index >= 15 is 0 Å². The molecule has 0 saturated heterocycles. The number of nitrogens with one attached hydrogen (secondary N) is 2. The normalized spacial score (nSPS) is 10.2. The first kappa shape index (κ1) is 15.0. The van der Waals surface area contributed by atoms with Gasteiger partial charge in [-0.1, -0.05) is 31.5 Å². The number of hydrogen-bond acceptors (Lipinski definition) is 4. The molecule has 0 spiro atoms. The fraction of sp³-hybridized carbons (Fsp3) is 0.312. The Labute approximate surface area is 124 Å². The van der Waals surface area contributed by atoms with Crippen molar-refractivity contribution in [1.29, 1.82) is 0 Å². The van der Waals surface area contributed by atoms with Crippen LogP contribution in [0.2, 0.25) is 0 Å². The Morgan fingerprint density at radius 1 is 1.14 bits per heavy atom. The van der Waals surface area contributed by atoms with E-state index in [1.165, 1.54) is 6.20 Å². The fourth-order valence-corrected chi connectivity index (χ4v) is 2.03. The number of carbonyl (C=O) groups excluding carboxylic acids is 1. The van der Waals surface area contributed by atoms with E-state index in [1.807, 2.05) is 31.2 Å². The summed E-state index contributed by atoms with van der Waals surface area (Å²) in [6, 6.07) is 7.82. The lowest BCUT2D eigenvalue weighted by Crippen LogP contribution is -2.15. The van der Waals surface area contributed by atoms with E-state index < -0.39 is 0 Å². The number of nitrogens with zero attached hydrogens (tertiary/aromatic N) is 2. The van der Waals surface area contributed by atoms with Gasteiger partial charge in [-0.15, -0.1) is 0 Å². The molecule has 2 N–H and O–H groups in total. The lowest BCUT2D eigenvalue weighted by molar-refractivity contribution is 0.102. The molecule has 0 aliphatic heterocycles. The third kappa shape index (κ3) is 4.02. The molecule has 0 atom stereocenters. The van der Waals surface area contributed by atoms with Gasteiger partial charge in [0.15, 0.2) is 0 Å². The number of para-hydroxylation sites is 1. The SMILES string of the molecule is CCCc1ccccc1NC(=O)c1cnc(NCC)cn1. The average molecular weight is 284 g/mol. The first-order valence-corrected chi connectivity index (χ1v) is 7.19. The Hall–Kier alpha value is -2.43. The Balaban J connectivity index is 2.10. The Bertz CT molecular complexity index is 595. The smallest absolute Gasteiger partial charge is 0.275 e. The summed E-state index contributed by atoms with van der Waals surface area (Å²) < 4.78 is 0. The molecular weight excluding hydrogens is 264 g/mol. The van der Waals surface area contributed by atoms with Gasteiger partial charge in [0.1, 0.15) is 11.5 Å². The van der Waals surface area contributed by atoms with Crippen LogP contribution in [0.15, 0.2) is 36.7 Å². The lowest BCUT2D eigenvalue weighted by Gasteiger charge is -2.10. The van der Waals surface area contributed by atoms with Crippen LogP contribution in [0.5, 0.6) is 0 Å². The number of benzene rings is 1. The highest BCUT2D eigenvalue weighted by atomic mass is 16.1. The number of amides is 1. The van der Waals surface area contributed by atoms with Crippen LogP contribution in [0.4, 0.5) is 11.5 Å². The number of rotatable bonds is 6. The maximum Gasteiger partial charge on any atom is 0.275 e. The second-order valence-electron chi connectivity index (χ2n) is 4.68. The molecule has 2 aromatic rings. The van der Waals surface area contributed by atoms with Crippen molar-refractivity contribution in [3.05, 3.63) is 47.9 Å². The van der Waals surface area contributed by atoms with Crippen LogP contribution in [-0.2, 0) is 6.42 Å². The minimum atomic E-state index is -0.242. The van der Waals surface area contributed by atoms with Gasteiger partial charge in [-0.3, -0.25) is 4.79 Å². The van der Waals surface area contributed by atoms with E-state index in [2.05, 4.69) is 27.5 Å². The molecule has 2 rings (SSSR count). The number of anilines is 2. The number of aromatic nitrogens is 2. The number of carbonyl (C=O) groups is 1. The van der Waals surface area contributed by atoms with Crippen LogP contribution in [0.25, 0.3) is 0 Å². The molecular formula is C16H20N4O. The third-order valence-electron chi connectivity index (χ3n) is 3.03. The Morgan fingerprint density at radius 3 is 2.62 bits per heavy atom. The molecule has 1 heterocycles. The van der Waals surface area contributed by atoms with Crippen molar-refractivity contribution in [3.63, 3.8) is 0 Å². The van der Waals surface area contributed by atoms with Crippen LogP contribution < -0.4 is 10.6 Å². The molecule has 0 radical (unpaired) electrons. The molecule has 0 bridgehead atoms. The topological polar surface area (TPSA) is 66.9 Å². The van der Waals surface area contributed by atoms with E-state index in [9.17, 15) is 4.79 Å². The second-order valence-corrected chi connectivity index (χ2v) is 4.68. The molecule has 0 unspecified atom stereocenters. The van der Waals surface area contributed by atoms with Gasteiger partial charge in [0.25, 0.3) is 5.91 Å². The molecule has 5 nitrogen and oxygen atoms in total. The van der Waals surface area contributed by atoms with Crippen molar-refractivity contribution in [2.75, 3.05) is 17.2 Å². The quantitative estimate of drug-likeness (QED) is 0.855. The molecule has 0 saturated carbocycles. The summed E-state index contributed by atoms with van der Waals surface area (Å²) in [5.74, 6) is 0.425. The molecule has 1 aromatic heterocycles. The summed E-state index contributed by atoms with van der Waals surface area (Å²) in [7, 11) is 0. The van der Waals surface area contributed by atoms with Gasteiger partial charge in [-0.2, -0.15) is 0 Å². The summed E-state index contributed by atoms with van der Waals surface area (Å²) in [4.78, 5) is 20.5. The molecule has 0 fully saturated rings. The van der Waals surface area contributed by atoms with Gasteiger partial charge in [0.2, 0.25) is 0 Å². The first-order valence-electron chi connectivity index (χ1n) is 7.19. The fourth-order valence-electron chi connectivity index (χ4n) is 2.03. The van der Waals surface area contributed by atoms with Crippen molar-refractivity contribution in [3.8, 4) is 0 Å². The predicted octanol–water partition coefficient (Wildman–Crippen LogP) is 3.11. The molecule has 1 amide bonds. The predicted molar refractivity (Wildman–Crippen MR) is 84.6 cm³/mol. The van der Waals surface area contributed by atoms with Gasteiger partial charge in [-0.05, 0) is 25.0 Å². The van der Waals surface area contributed by atoms with E-state index in [1.54, 1.807) is 6.20 Å². The summed E-state index contributed by atoms with van der Waals surface area (Å²) >= 11 is 0. The van der Waals surface area contributed by atoms with Crippen molar-refractivity contribution in [2.24, 2.45) is 0 Å². The maximum atomic E-state index is 12.2. The Kier molecular flexibility index (Phi) is 5.26. The van der Waals surface area contributed by atoms with Crippen molar-refractivity contribution >= 4 is 17.4 Å². The molecule has 110 valence electrons. The zero-order valence-electron chi connectivity index (χ0n) is 12.4. The maximum absolute atomic E-state index is 12.2. The molecule has 0 aliphatic carbocycles. The van der Waals surface area contributed by atoms with E-state index in [0.29, 0.717) is 11.5 Å². The van der Waals surface area contributed by atoms with Gasteiger partial charge in [0, 0.05) is 12.2 Å². The Morgan fingerprint density at radius 2 is 1.95 bits per heavy atom. The van der Waals surface area contributed by atoms with E-state index in [0.717, 1.165) is 30.6 Å². The number of aryl methyl sites for hydroxylation is 1. The van der Waals surface area contributed by atoms with Gasteiger partial charge >= 0.3 is 0 Å². The zero-order valence-corrected chi connectivity index (χ0v) is 12.4. The minimum Gasteiger partial charge on any atom is -0.369 e. The van der Waals surface area contributed by atoms with Crippen molar-refractivity contribution in [2.45, 2.75) is 26.7 Å². The van der Waals surface area contributed by atoms with Crippen LogP contribution in [0.3, 0.4) is 0 Å². The summed E-state index contributed by atoms with van der Waals surface area (Å²) in [5.41, 5.74) is 2.27. The second kappa shape index (κ2) is 7.38. The molecule has 21 heavy (non-hydrogen) atoms. The van der Waals surface area contributed by atoms with Crippen molar-refractivity contribution in [1.82, 2.24) is 9.97 Å².